The van der Waals surface area contributed by atoms with Crippen LogP contribution in [0.2, 0.25) is 0 Å². The number of hydrogen-bond donors (Lipinski definition) is 6. The molecule has 0 saturated carbocycles. The number of hydrogen-bond acceptors (Lipinski definition) is 10. The summed E-state index contributed by atoms with van der Waals surface area (Å²) in [6.45, 7) is 3.96. The number of nitrogens with one attached hydrogen (secondary N) is 1. The van der Waals surface area contributed by atoms with Crippen LogP contribution >= 0.6 is 0 Å². The Kier molecular flexibility index (Phi) is 40.4. The molecule has 11 heteroatoms. The summed E-state index contributed by atoms with van der Waals surface area (Å²) in [6.07, 6.45) is 45.8. The van der Waals surface area contributed by atoms with Crippen molar-refractivity contribution in [1.29, 1.82) is 0 Å². The summed E-state index contributed by atoms with van der Waals surface area (Å²) in [4.78, 5) is 25.0. The van der Waals surface area contributed by atoms with Crippen LogP contribution in [0.3, 0.4) is 0 Å². The van der Waals surface area contributed by atoms with Crippen molar-refractivity contribution < 1.29 is 49.3 Å². The molecule has 1 amide bonds. The van der Waals surface area contributed by atoms with Crippen LogP contribution < -0.4 is 5.32 Å². The van der Waals surface area contributed by atoms with Crippen LogP contribution in [-0.4, -0.2) is 100 Å². The highest BCUT2D eigenvalue weighted by Crippen LogP contribution is 2.22. The molecule has 1 aliphatic rings. The number of aliphatic hydroxyl groups excluding tert-OH is 5. The summed E-state index contributed by atoms with van der Waals surface area (Å²) in [5.74, 6) is -0.279. The van der Waals surface area contributed by atoms with Gasteiger partial charge >= 0.3 is 5.97 Å². The first-order valence-corrected chi connectivity index (χ1v) is 25.7. The van der Waals surface area contributed by atoms with Crippen LogP contribution in [0.15, 0.2) is 72.9 Å². The number of amides is 1. The Morgan fingerprint density at radius 3 is 1.71 bits per heavy atom. The highest BCUT2D eigenvalue weighted by molar-refractivity contribution is 5.76. The molecule has 1 aliphatic heterocycles. The molecule has 0 aromatic carbocycles. The monoisotopic (exact) mass is 916 g/mol. The summed E-state index contributed by atoms with van der Waals surface area (Å²) >= 11 is 0. The standard InChI is InChI=1S/C54H93NO10/c1-3-5-7-9-11-13-14-18-22-26-30-34-38-42-50(59)63-43-39-35-31-27-23-20-17-15-16-19-21-25-29-33-37-41-49(58)55-46(47(57)40-36-32-28-24-12-10-8-6-4-2)45-64-54-53(62)52(61)51(60)48(44-56)65-54/h4,6,12-15,17,20,23-24,36,40,46-48,51-54,56-57,60-62H,3,5,7-11,16,18-19,21-22,25-35,37-39,41-45H2,1-2H3,(H,55,58)/b6-4+,14-13-,17-15-,23-20-,24-12+,40-36+. The quantitative estimate of drug-likeness (QED) is 0.0150. The molecule has 6 N–H and O–H groups in total. The molecular weight excluding hydrogens is 823 g/mol. The van der Waals surface area contributed by atoms with Gasteiger partial charge in [-0.1, -0.05) is 144 Å². The van der Waals surface area contributed by atoms with Gasteiger partial charge in [0.1, 0.15) is 24.4 Å². The fraction of sp³-hybridized carbons (Fsp3) is 0.741. The van der Waals surface area contributed by atoms with Crippen LogP contribution in [0.1, 0.15) is 194 Å². The zero-order valence-corrected chi connectivity index (χ0v) is 40.7. The van der Waals surface area contributed by atoms with E-state index in [9.17, 15) is 35.1 Å². The van der Waals surface area contributed by atoms with Crippen molar-refractivity contribution in [3.63, 3.8) is 0 Å². The smallest absolute Gasteiger partial charge is 0.305 e. The molecule has 1 rings (SSSR count). The molecule has 0 spiro atoms. The number of allylic oxidation sites excluding steroid dienone is 11. The van der Waals surface area contributed by atoms with E-state index >= 15 is 0 Å². The predicted octanol–water partition coefficient (Wildman–Crippen LogP) is 10.5. The molecule has 374 valence electrons. The Morgan fingerprint density at radius 2 is 1.11 bits per heavy atom. The number of unbranched alkanes of at least 4 members (excludes halogenated alkanes) is 20. The van der Waals surface area contributed by atoms with Crippen molar-refractivity contribution >= 4 is 11.9 Å². The summed E-state index contributed by atoms with van der Waals surface area (Å²) in [6, 6.07) is -0.851. The maximum atomic E-state index is 12.9. The largest absolute Gasteiger partial charge is 0.466 e. The van der Waals surface area contributed by atoms with Gasteiger partial charge < -0.3 is 45.1 Å². The number of rotatable bonds is 42. The summed E-state index contributed by atoms with van der Waals surface area (Å²) in [5, 5.41) is 54.0. The van der Waals surface area contributed by atoms with Crippen LogP contribution in [0.4, 0.5) is 0 Å². The topological polar surface area (TPSA) is 175 Å². The molecule has 11 nitrogen and oxygen atoms in total. The molecule has 0 aliphatic carbocycles. The summed E-state index contributed by atoms with van der Waals surface area (Å²) < 4.78 is 16.6. The lowest BCUT2D eigenvalue weighted by atomic mass is 9.99. The van der Waals surface area contributed by atoms with Gasteiger partial charge in [-0.05, 0) is 110 Å². The van der Waals surface area contributed by atoms with E-state index in [2.05, 4.69) is 66.9 Å². The average molecular weight is 916 g/mol. The van der Waals surface area contributed by atoms with Gasteiger partial charge in [0.2, 0.25) is 5.91 Å². The van der Waals surface area contributed by atoms with Gasteiger partial charge in [0, 0.05) is 12.8 Å². The maximum absolute atomic E-state index is 12.9. The van der Waals surface area contributed by atoms with Crippen LogP contribution in [0, 0.1) is 0 Å². The van der Waals surface area contributed by atoms with E-state index in [0.29, 0.717) is 32.3 Å². The third-order valence-corrected chi connectivity index (χ3v) is 11.6. The Morgan fingerprint density at radius 1 is 0.600 bits per heavy atom. The van der Waals surface area contributed by atoms with Crippen molar-refractivity contribution in [1.82, 2.24) is 5.32 Å². The molecule has 0 radical (unpaired) electrons. The van der Waals surface area contributed by atoms with Crippen molar-refractivity contribution in [3.05, 3.63) is 72.9 Å². The minimum atomic E-state index is -1.59. The Bertz CT molecular complexity index is 1310. The lowest BCUT2D eigenvalue weighted by Gasteiger charge is -2.40. The Labute approximate surface area is 394 Å². The van der Waals surface area contributed by atoms with Gasteiger partial charge in [0.05, 0.1) is 32.0 Å². The SMILES string of the molecule is C/C=C/CC/C=C/CC/C=C/C(O)C(COC1OC(CO)C(O)C(O)C1O)NC(=O)CCCCCCCC/C=C\C=C/CCCCCOC(=O)CCCCCCC/C=C\CCCCCC. The molecule has 0 bridgehead atoms. The third kappa shape index (κ3) is 34.1. The number of carbonyl (C=O) groups is 2. The van der Waals surface area contributed by atoms with Crippen molar-refractivity contribution in [3.8, 4) is 0 Å². The Balaban J connectivity index is 2.16. The van der Waals surface area contributed by atoms with Gasteiger partial charge in [-0.25, -0.2) is 0 Å². The maximum Gasteiger partial charge on any atom is 0.305 e. The molecule has 7 atom stereocenters. The normalized spacial score (nSPS) is 20.4. The van der Waals surface area contributed by atoms with Crippen LogP contribution in [-0.2, 0) is 23.8 Å². The second kappa shape index (κ2) is 43.7. The minimum absolute atomic E-state index is 0.0536. The summed E-state index contributed by atoms with van der Waals surface area (Å²) in [7, 11) is 0. The van der Waals surface area contributed by atoms with E-state index in [1.165, 1.54) is 57.8 Å². The molecular formula is C54H93NO10. The van der Waals surface area contributed by atoms with Gasteiger partial charge in [0.25, 0.3) is 0 Å². The van der Waals surface area contributed by atoms with Gasteiger partial charge in [-0.2, -0.15) is 0 Å². The van der Waals surface area contributed by atoms with Gasteiger partial charge in [0.15, 0.2) is 6.29 Å². The van der Waals surface area contributed by atoms with E-state index in [1.807, 2.05) is 19.1 Å². The minimum Gasteiger partial charge on any atom is -0.466 e. The first-order chi connectivity index (χ1) is 31.7. The number of carbonyl (C=O) groups excluding carboxylic acids is 2. The molecule has 0 aromatic rings. The summed E-state index contributed by atoms with van der Waals surface area (Å²) in [5.41, 5.74) is 0. The molecule has 7 unspecified atom stereocenters. The highest BCUT2D eigenvalue weighted by atomic mass is 16.7. The van der Waals surface area contributed by atoms with Crippen molar-refractivity contribution in [2.75, 3.05) is 19.8 Å². The predicted molar refractivity (Wildman–Crippen MR) is 264 cm³/mol. The van der Waals surface area contributed by atoms with E-state index in [1.54, 1.807) is 6.08 Å². The van der Waals surface area contributed by atoms with Gasteiger partial charge in [-0.3, -0.25) is 9.59 Å². The Hall–Kier alpha value is -2.90. The second-order valence-electron chi connectivity index (χ2n) is 17.5. The number of aliphatic hydroxyl groups is 5. The van der Waals surface area contributed by atoms with Crippen molar-refractivity contribution in [2.24, 2.45) is 0 Å². The third-order valence-electron chi connectivity index (χ3n) is 11.6. The molecule has 1 heterocycles. The molecule has 65 heavy (non-hydrogen) atoms. The van der Waals surface area contributed by atoms with Crippen molar-refractivity contribution in [2.45, 2.75) is 236 Å². The van der Waals surface area contributed by atoms with Crippen LogP contribution in [0.25, 0.3) is 0 Å². The first-order valence-electron chi connectivity index (χ1n) is 25.7. The lowest BCUT2D eigenvalue weighted by Crippen LogP contribution is -2.60. The van der Waals surface area contributed by atoms with E-state index < -0.39 is 49.5 Å². The van der Waals surface area contributed by atoms with Gasteiger partial charge in [-0.15, -0.1) is 0 Å². The fourth-order valence-electron chi connectivity index (χ4n) is 7.46. The van der Waals surface area contributed by atoms with E-state index in [4.69, 9.17) is 14.2 Å². The second-order valence-corrected chi connectivity index (χ2v) is 17.5. The zero-order valence-electron chi connectivity index (χ0n) is 40.7. The zero-order chi connectivity index (χ0) is 47.4. The fourth-order valence-corrected chi connectivity index (χ4v) is 7.46. The molecule has 1 fully saturated rings. The first kappa shape index (κ1) is 60.1. The molecule has 0 aromatic heterocycles. The van der Waals surface area contributed by atoms with E-state index in [-0.39, 0.29) is 18.5 Å². The number of ether oxygens (including phenoxy) is 3. The molecule has 1 saturated heterocycles. The number of esters is 1. The van der Waals surface area contributed by atoms with E-state index in [0.717, 1.165) is 96.3 Å². The highest BCUT2D eigenvalue weighted by Gasteiger charge is 2.44. The average Bonchev–Trinajstić information content (AvgIpc) is 3.30. The lowest BCUT2D eigenvalue weighted by molar-refractivity contribution is -0.302. The van der Waals surface area contributed by atoms with Crippen LogP contribution in [0.5, 0.6) is 0 Å².